The van der Waals surface area contributed by atoms with Gasteiger partial charge in [0.15, 0.2) is 11.5 Å². The molecule has 0 aliphatic carbocycles. The van der Waals surface area contributed by atoms with Gasteiger partial charge in [-0.05, 0) is 43.2 Å². The van der Waals surface area contributed by atoms with E-state index in [0.717, 1.165) is 11.3 Å². The second-order valence-corrected chi connectivity index (χ2v) is 12.6. The number of imidazole rings is 1. The Kier molecular flexibility index (Phi) is 9.01. The van der Waals surface area contributed by atoms with Crippen molar-refractivity contribution in [2.45, 2.75) is 30.7 Å². The summed E-state index contributed by atoms with van der Waals surface area (Å²) >= 11 is 0. The number of anilines is 1. The van der Waals surface area contributed by atoms with Crippen LogP contribution in [-0.2, 0) is 21.2 Å². The fourth-order valence-electron chi connectivity index (χ4n) is 5.40. The molecule has 6 rings (SSSR count). The number of hydrogen-bond donors (Lipinski definition) is 2. The molecule has 15 heteroatoms. The normalized spacial score (nSPS) is 16.2. The van der Waals surface area contributed by atoms with Crippen LogP contribution in [0.4, 0.5) is 10.6 Å². The van der Waals surface area contributed by atoms with Crippen LogP contribution >= 0.6 is 0 Å². The summed E-state index contributed by atoms with van der Waals surface area (Å²) in [5.41, 5.74) is 1.71. The number of amides is 3. The molecule has 1 saturated heterocycles. The summed E-state index contributed by atoms with van der Waals surface area (Å²) in [7, 11) is -4.12. The summed E-state index contributed by atoms with van der Waals surface area (Å²) in [5, 5.41) is 2.94. The van der Waals surface area contributed by atoms with Gasteiger partial charge in [0.25, 0.3) is 10.0 Å². The van der Waals surface area contributed by atoms with E-state index in [4.69, 9.17) is 14.5 Å². The van der Waals surface area contributed by atoms with E-state index >= 15 is 0 Å². The monoisotopic (exact) mass is 646 g/mol. The van der Waals surface area contributed by atoms with E-state index < -0.39 is 22.1 Å². The Labute approximate surface area is 266 Å². The lowest BCUT2D eigenvalue weighted by Gasteiger charge is -2.41. The van der Waals surface area contributed by atoms with Crippen molar-refractivity contribution in [3.63, 3.8) is 0 Å². The number of piperazine rings is 1. The Morgan fingerprint density at radius 3 is 2.59 bits per heavy atom. The number of carbonyl (C=O) groups is 2. The third kappa shape index (κ3) is 7.20. The highest BCUT2D eigenvalue weighted by Gasteiger charge is 2.34. The van der Waals surface area contributed by atoms with E-state index in [1.807, 2.05) is 36.1 Å². The van der Waals surface area contributed by atoms with E-state index in [-0.39, 0.29) is 30.3 Å². The molecule has 0 bridgehead atoms. The van der Waals surface area contributed by atoms with Crippen LogP contribution < -0.4 is 24.4 Å². The van der Waals surface area contributed by atoms with Crippen LogP contribution in [0.3, 0.4) is 0 Å². The standard InChI is InChI=1S/C31H34N8O6S/c1-22-17-28(35-30(34-22)38-12-11-32-21-38)37-13-14-39(31(41)36-46(42,43)25-5-3-2-4-6-25)24(20-37)19-29(40)33-10-9-23-7-8-26-27(18-23)45-16-15-44-26/h2-8,11-12,17-18,21,24H,9-10,13-16,19-20H2,1H3,(H,33,40)(H,36,41). The maximum atomic E-state index is 13.4. The number of aromatic nitrogens is 4. The fourth-order valence-corrected chi connectivity index (χ4v) is 6.39. The minimum atomic E-state index is -4.12. The maximum Gasteiger partial charge on any atom is 0.331 e. The van der Waals surface area contributed by atoms with E-state index in [0.29, 0.717) is 56.0 Å². The van der Waals surface area contributed by atoms with Crippen molar-refractivity contribution in [1.82, 2.24) is 34.5 Å². The lowest BCUT2D eigenvalue weighted by Crippen LogP contribution is -2.59. The number of benzene rings is 2. The third-order valence-electron chi connectivity index (χ3n) is 7.67. The molecular weight excluding hydrogens is 612 g/mol. The maximum absolute atomic E-state index is 13.4. The van der Waals surface area contributed by atoms with E-state index in [1.165, 1.54) is 17.0 Å². The van der Waals surface area contributed by atoms with Gasteiger partial charge >= 0.3 is 6.03 Å². The lowest BCUT2D eigenvalue weighted by atomic mass is 10.1. The zero-order chi connectivity index (χ0) is 32.1. The summed E-state index contributed by atoms with van der Waals surface area (Å²) < 4.78 is 41.0. The molecular formula is C31H34N8O6S. The number of fused-ring (bicyclic) bond motifs is 1. The quantitative estimate of drug-likeness (QED) is 0.276. The lowest BCUT2D eigenvalue weighted by molar-refractivity contribution is -0.122. The molecule has 2 aliphatic heterocycles. The molecule has 46 heavy (non-hydrogen) atoms. The van der Waals surface area contributed by atoms with Gasteiger partial charge < -0.3 is 24.6 Å². The van der Waals surface area contributed by atoms with Gasteiger partial charge in [0.1, 0.15) is 25.4 Å². The molecule has 1 fully saturated rings. The number of ether oxygens (including phenoxy) is 2. The first-order valence-corrected chi connectivity index (χ1v) is 16.4. The molecule has 1 unspecified atom stereocenters. The van der Waals surface area contributed by atoms with Crippen LogP contribution in [0.25, 0.3) is 5.95 Å². The summed E-state index contributed by atoms with van der Waals surface area (Å²) in [6.45, 7) is 3.99. The van der Waals surface area contributed by atoms with Crippen LogP contribution in [0.5, 0.6) is 11.5 Å². The predicted octanol–water partition coefficient (Wildman–Crippen LogP) is 2.08. The second kappa shape index (κ2) is 13.4. The third-order valence-corrected chi connectivity index (χ3v) is 9.01. The zero-order valence-electron chi connectivity index (χ0n) is 25.2. The number of urea groups is 1. The Morgan fingerprint density at radius 1 is 1.00 bits per heavy atom. The molecule has 2 aromatic carbocycles. The highest BCUT2D eigenvalue weighted by Crippen LogP contribution is 2.30. The van der Waals surface area contributed by atoms with Crippen LogP contribution in [0.15, 0.2) is 78.2 Å². The highest BCUT2D eigenvalue weighted by molar-refractivity contribution is 7.90. The molecule has 14 nitrogen and oxygen atoms in total. The Morgan fingerprint density at radius 2 is 1.80 bits per heavy atom. The van der Waals surface area contributed by atoms with Gasteiger partial charge in [-0.25, -0.2) is 27.9 Å². The highest BCUT2D eigenvalue weighted by atomic mass is 32.2. The molecule has 4 aromatic rings. The van der Waals surface area contributed by atoms with Crippen molar-refractivity contribution >= 4 is 27.8 Å². The second-order valence-electron chi connectivity index (χ2n) is 10.9. The van der Waals surface area contributed by atoms with Crippen molar-refractivity contribution in [1.29, 1.82) is 0 Å². The number of sulfonamides is 1. The average Bonchev–Trinajstić information content (AvgIpc) is 3.60. The minimum absolute atomic E-state index is 0.0288. The van der Waals surface area contributed by atoms with E-state index in [1.54, 1.807) is 41.5 Å². The number of hydrogen-bond acceptors (Lipinski definition) is 10. The van der Waals surface area contributed by atoms with Gasteiger partial charge in [0.05, 0.1) is 10.9 Å². The van der Waals surface area contributed by atoms with Crippen molar-refractivity contribution in [2.75, 3.05) is 44.3 Å². The molecule has 240 valence electrons. The van der Waals surface area contributed by atoms with Crippen LogP contribution in [0.2, 0.25) is 0 Å². The summed E-state index contributed by atoms with van der Waals surface area (Å²) in [6, 6.07) is 13.8. The van der Waals surface area contributed by atoms with E-state index in [2.05, 4.69) is 20.0 Å². The summed E-state index contributed by atoms with van der Waals surface area (Å²) in [4.78, 5) is 43.3. The summed E-state index contributed by atoms with van der Waals surface area (Å²) in [6.07, 6.45) is 5.50. The number of carbonyl (C=O) groups excluding carboxylic acids is 2. The largest absolute Gasteiger partial charge is 0.486 e. The first kappa shape index (κ1) is 30.8. The molecule has 2 N–H and O–H groups in total. The van der Waals surface area contributed by atoms with Gasteiger partial charge in [-0.3, -0.25) is 9.36 Å². The van der Waals surface area contributed by atoms with Gasteiger partial charge in [-0.1, -0.05) is 24.3 Å². The number of rotatable bonds is 9. The Balaban J connectivity index is 1.16. The molecule has 0 spiro atoms. The van der Waals surface area contributed by atoms with Crippen LogP contribution in [0, 0.1) is 6.92 Å². The number of nitrogens with zero attached hydrogens (tertiary/aromatic N) is 6. The van der Waals surface area contributed by atoms with Crippen LogP contribution in [-0.4, -0.2) is 90.2 Å². The molecule has 0 radical (unpaired) electrons. The number of nitrogens with one attached hydrogen (secondary N) is 2. The SMILES string of the molecule is Cc1cc(N2CCN(C(=O)NS(=O)(=O)c3ccccc3)C(CC(=O)NCCc3ccc4c(c3)OCCO4)C2)nc(-n2ccnc2)n1. The van der Waals surface area contributed by atoms with Crippen molar-refractivity contribution < 1.29 is 27.5 Å². The van der Waals surface area contributed by atoms with Gasteiger partial charge in [-0.15, -0.1) is 0 Å². The van der Waals surface area contributed by atoms with Gasteiger partial charge in [0, 0.05) is 56.8 Å². The van der Waals surface area contributed by atoms with Gasteiger partial charge in [-0.2, -0.15) is 4.98 Å². The predicted molar refractivity (Wildman–Crippen MR) is 168 cm³/mol. The topological polar surface area (TPSA) is 161 Å². The van der Waals surface area contributed by atoms with Crippen LogP contribution in [0.1, 0.15) is 17.7 Å². The molecule has 2 aliphatic rings. The molecule has 2 aromatic heterocycles. The average molecular weight is 647 g/mol. The first-order valence-electron chi connectivity index (χ1n) is 14.9. The van der Waals surface area contributed by atoms with E-state index in [9.17, 15) is 18.0 Å². The fraction of sp³-hybridized carbons (Fsp3) is 0.323. The molecule has 3 amide bonds. The molecule has 4 heterocycles. The van der Waals surface area contributed by atoms with Gasteiger partial charge in [0.2, 0.25) is 11.9 Å². The number of aryl methyl sites for hydroxylation is 1. The van der Waals surface area contributed by atoms with Crippen molar-refractivity contribution in [3.05, 3.63) is 84.6 Å². The zero-order valence-corrected chi connectivity index (χ0v) is 26.0. The summed E-state index contributed by atoms with van der Waals surface area (Å²) in [5.74, 6) is 2.17. The Hall–Kier alpha value is -5.18. The smallest absolute Gasteiger partial charge is 0.331 e. The Bertz CT molecular complexity index is 1800. The molecule has 1 atom stereocenters. The minimum Gasteiger partial charge on any atom is -0.486 e. The van der Waals surface area contributed by atoms with Crippen molar-refractivity contribution in [3.8, 4) is 17.4 Å². The molecule has 0 saturated carbocycles. The van der Waals surface area contributed by atoms with Crippen molar-refractivity contribution in [2.24, 2.45) is 0 Å². The first-order chi connectivity index (χ1) is 22.2.